The molecule has 1 atom stereocenters. The molecule has 1 unspecified atom stereocenters. The van der Waals surface area contributed by atoms with Crippen molar-refractivity contribution >= 4 is 5.97 Å². The third-order valence-electron chi connectivity index (χ3n) is 6.23. The second-order valence-corrected chi connectivity index (χ2v) is 10.5. The summed E-state index contributed by atoms with van der Waals surface area (Å²) in [4.78, 5) is 10.6. The molecule has 4 heteroatoms. The number of aliphatic hydroxyl groups is 1. The van der Waals surface area contributed by atoms with Crippen LogP contribution in [0, 0.1) is 0 Å². The number of aliphatic carboxylic acids is 1. The Balaban J connectivity index is 3.54. The van der Waals surface area contributed by atoms with Crippen LogP contribution in [0.25, 0.3) is 0 Å². The van der Waals surface area contributed by atoms with E-state index in [-0.39, 0.29) is 6.42 Å². The van der Waals surface area contributed by atoms with Crippen LogP contribution in [-0.4, -0.2) is 48.3 Å². The van der Waals surface area contributed by atoms with Gasteiger partial charge in [-0.1, -0.05) is 103 Å². The fourth-order valence-electron chi connectivity index (χ4n) is 4.61. The first kappa shape index (κ1) is 29.4. The van der Waals surface area contributed by atoms with Crippen LogP contribution in [0.3, 0.4) is 0 Å². The van der Waals surface area contributed by atoms with E-state index in [0.717, 1.165) is 19.4 Å². The molecule has 0 fully saturated rings. The number of nitrogens with zero attached hydrogens (tertiary/aromatic N) is 1. The largest absolute Gasteiger partial charge is 0.550 e. The van der Waals surface area contributed by atoms with Crippen molar-refractivity contribution in [1.82, 2.24) is 0 Å². The number of carboxylic acid groups (broad SMARTS) is 1. The summed E-state index contributed by atoms with van der Waals surface area (Å²) in [6.45, 7) is 5.62. The molecule has 4 nitrogen and oxygen atoms in total. The highest BCUT2D eigenvalue weighted by atomic mass is 16.4. The number of hydrogen-bond donors (Lipinski definition) is 1. The molecule has 0 aliphatic heterocycles. The molecule has 1 N–H and O–H groups in total. The van der Waals surface area contributed by atoms with Crippen molar-refractivity contribution in [2.75, 3.05) is 27.2 Å². The van der Waals surface area contributed by atoms with E-state index in [9.17, 15) is 15.0 Å². The van der Waals surface area contributed by atoms with Gasteiger partial charge in [-0.2, -0.15) is 0 Å². The molecule has 0 spiro atoms. The number of likely N-dealkylation sites (N-methyl/N-ethyl adjacent to an activating group) is 1. The number of rotatable bonds is 22. The predicted molar refractivity (Wildman–Crippen MR) is 126 cm³/mol. The van der Waals surface area contributed by atoms with Gasteiger partial charge in [-0.05, 0) is 19.8 Å². The molecule has 0 aliphatic rings. The molecule has 0 aromatic rings. The molecule has 0 bridgehead atoms. The molecule has 0 heterocycles. The molecular weight excluding hydrogens is 374 g/mol. The van der Waals surface area contributed by atoms with Crippen molar-refractivity contribution in [1.29, 1.82) is 0 Å². The molecule has 0 aromatic carbocycles. The average molecular weight is 428 g/mol. The quantitative estimate of drug-likeness (QED) is 0.180. The smallest absolute Gasteiger partial charge is 0.111 e. The Morgan fingerprint density at radius 1 is 0.767 bits per heavy atom. The summed E-state index contributed by atoms with van der Waals surface area (Å²) in [5.41, 5.74) is -0.679. The van der Waals surface area contributed by atoms with Crippen molar-refractivity contribution in [3.8, 4) is 0 Å². The van der Waals surface area contributed by atoms with Gasteiger partial charge in [0, 0.05) is 12.4 Å². The minimum absolute atomic E-state index is 0.100. The van der Waals surface area contributed by atoms with Gasteiger partial charge in [0.1, 0.15) is 12.1 Å². The van der Waals surface area contributed by atoms with Crippen LogP contribution in [0.4, 0.5) is 0 Å². The van der Waals surface area contributed by atoms with E-state index in [1.54, 1.807) is 0 Å². The topological polar surface area (TPSA) is 60.4 Å². The van der Waals surface area contributed by atoms with Gasteiger partial charge in [0.2, 0.25) is 0 Å². The van der Waals surface area contributed by atoms with Crippen molar-refractivity contribution in [3.63, 3.8) is 0 Å². The Bertz CT molecular complexity index is 407. The Morgan fingerprint density at radius 2 is 1.17 bits per heavy atom. The predicted octanol–water partition coefficient (Wildman–Crippen LogP) is 5.61. The number of quaternary nitrogens is 1. The molecule has 0 radical (unpaired) electrons. The van der Waals surface area contributed by atoms with Crippen LogP contribution in [0.15, 0.2) is 0 Å². The molecule has 0 aromatic heterocycles. The number of carbonyl (C=O) groups is 1. The SMILES string of the molecule is CCCCCCCCCCCCCCCCCC(C)(O)C[N+](C)(C)CCCC(=O)[O-]. The fourth-order valence-corrected chi connectivity index (χ4v) is 4.61. The summed E-state index contributed by atoms with van der Waals surface area (Å²) in [5.74, 6) is -0.987. The second kappa shape index (κ2) is 18.0. The third kappa shape index (κ3) is 20.7. The van der Waals surface area contributed by atoms with Gasteiger partial charge >= 0.3 is 0 Å². The summed E-state index contributed by atoms with van der Waals surface area (Å²) in [6, 6.07) is 0. The van der Waals surface area contributed by atoms with Crippen LogP contribution in [0.1, 0.15) is 129 Å². The molecule has 0 saturated carbocycles. The maximum Gasteiger partial charge on any atom is 0.111 e. The Morgan fingerprint density at radius 3 is 1.57 bits per heavy atom. The lowest BCUT2D eigenvalue weighted by Crippen LogP contribution is -2.51. The number of carboxylic acids is 1. The summed E-state index contributed by atoms with van der Waals surface area (Å²) in [6.07, 6.45) is 21.8. The zero-order valence-corrected chi connectivity index (χ0v) is 20.9. The second-order valence-electron chi connectivity index (χ2n) is 10.5. The van der Waals surface area contributed by atoms with Crippen LogP contribution in [-0.2, 0) is 4.79 Å². The van der Waals surface area contributed by atoms with E-state index < -0.39 is 11.6 Å². The van der Waals surface area contributed by atoms with E-state index in [2.05, 4.69) is 21.0 Å². The molecule has 0 saturated heterocycles. The van der Waals surface area contributed by atoms with Crippen molar-refractivity contribution < 1.29 is 19.5 Å². The summed E-state index contributed by atoms with van der Waals surface area (Å²) in [5, 5.41) is 21.3. The van der Waals surface area contributed by atoms with Gasteiger partial charge in [-0.15, -0.1) is 0 Å². The Kier molecular flexibility index (Phi) is 17.6. The fraction of sp³-hybridized carbons (Fsp3) is 0.962. The monoisotopic (exact) mass is 427 g/mol. The Labute approximate surface area is 188 Å². The lowest BCUT2D eigenvalue weighted by atomic mass is 9.96. The van der Waals surface area contributed by atoms with Gasteiger partial charge in [0.15, 0.2) is 0 Å². The van der Waals surface area contributed by atoms with Crippen molar-refractivity contribution in [3.05, 3.63) is 0 Å². The highest BCUT2D eigenvalue weighted by Gasteiger charge is 2.29. The minimum atomic E-state index is -0.987. The lowest BCUT2D eigenvalue weighted by molar-refractivity contribution is -0.896. The lowest BCUT2D eigenvalue weighted by Gasteiger charge is -2.36. The molecular formula is C26H53NO3. The van der Waals surface area contributed by atoms with E-state index in [1.807, 2.05) is 6.92 Å². The summed E-state index contributed by atoms with van der Waals surface area (Å²) < 4.78 is 0.652. The molecule has 0 aliphatic carbocycles. The summed E-state index contributed by atoms with van der Waals surface area (Å²) >= 11 is 0. The van der Waals surface area contributed by atoms with Gasteiger partial charge in [0.25, 0.3) is 0 Å². The zero-order valence-electron chi connectivity index (χ0n) is 20.9. The first-order valence-electron chi connectivity index (χ1n) is 12.9. The van der Waals surface area contributed by atoms with E-state index in [1.165, 1.54) is 89.9 Å². The van der Waals surface area contributed by atoms with Gasteiger partial charge in [-0.25, -0.2) is 0 Å². The summed E-state index contributed by atoms with van der Waals surface area (Å²) in [7, 11) is 4.13. The van der Waals surface area contributed by atoms with Gasteiger partial charge in [-0.3, -0.25) is 0 Å². The molecule has 180 valence electrons. The first-order valence-corrected chi connectivity index (χ1v) is 12.9. The molecule has 0 rings (SSSR count). The van der Waals surface area contributed by atoms with Crippen LogP contribution >= 0.6 is 0 Å². The van der Waals surface area contributed by atoms with Crippen LogP contribution in [0.2, 0.25) is 0 Å². The first-order chi connectivity index (χ1) is 14.2. The van der Waals surface area contributed by atoms with Crippen LogP contribution in [0.5, 0.6) is 0 Å². The maximum atomic E-state index is 10.7. The van der Waals surface area contributed by atoms with Gasteiger partial charge < -0.3 is 19.5 Å². The normalized spacial score (nSPS) is 14.0. The number of carbonyl (C=O) groups excluding carboxylic acids is 1. The number of hydrogen-bond acceptors (Lipinski definition) is 3. The minimum Gasteiger partial charge on any atom is -0.550 e. The number of unbranched alkanes of at least 4 members (excludes halogenated alkanes) is 14. The Hall–Kier alpha value is -0.610. The van der Waals surface area contributed by atoms with Gasteiger partial charge in [0.05, 0.1) is 20.6 Å². The standard InChI is InChI=1S/C26H53NO3/c1-5-6-7-8-9-10-11-12-13-14-15-16-17-18-19-22-26(2,30)24-27(3,4)23-20-21-25(28)29/h30H,5-24H2,1-4H3. The van der Waals surface area contributed by atoms with Crippen molar-refractivity contribution in [2.24, 2.45) is 0 Å². The highest BCUT2D eigenvalue weighted by Crippen LogP contribution is 2.20. The van der Waals surface area contributed by atoms with Crippen LogP contribution < -0.4 is 5.11 Å². The van der Waals surface area contributed by atoms with E-state index in [4.69, 9.17) is 0 Å². The average Bonchev–Trinajstić information content (AvgIpc) is 2.63. The third-order valence-corrected chi connectivity index (χ3v) is 6.23. The molecule has 0 amide bonds. The molecule has 30 heavy (non-hydrogen) atoms. The van der Waals surface area contributed by atoms with E-state index in [0.29, 0.717) is 17.4 Å². The van der Waals surface area contributed by atoms with E-state index >= 15 is 0 Å². The van der Waals surface area contributed by atoms with Crippen molar-refractivity contribution in [2.45, 2.75) is 135 Å². The maximum absolute atomic E-state index is 10.7. The zero-order chi connectivity index (χ0) is 22.7. The highest BCUT2D eigenvalue weighted by molar-refractivity contribution is 5.64.